The average molecular weight is 288 g/mol. The van der Waals surface area contributed by atoms with E-state index in [0.717, 1.165) is 11.7 Å². The van der Waals surface area contributed by atoms with Crippen LogP contribution in [-0.4, -0.2) is 6.10 Å². The third kappa shape index (κ3) is 4.76. The van der Waals surface area contributed by atoms with E-state index in [1.54, 1.807) is 0 Å². The summed E-state index contributed by atoms with van der Waals surface area (Å²) in [7, 11) is 0. The summed E-state index contributed by atoms with van der Waals surface area (Å²) < 4.78 is 6.36. The number of hydrogen-bond donors (Lipinski definition) is 0. The van der Waals surface area contributed by atoms with Crippen molar-refractivity contribution in [2.24, 2.45) is 5.92 Å². The Bertz CT molecular complexity index is 389. The highest BCUT2D eigenvalue weighted by Crippen LogP contribution is 2.31. The van der Waals surface area contributed by atoms with Gasteiger partial charge in [0.05, 0.1) is 0 Å². The van der Waals surface area contributed by atoms with Crippen LogP contribution in [0.1, 0.15) is 83.6 Å². The molecular formula is C20H32O. The number of ether oxygens (including phenoxy) is 1. The van der Waals surface area contributed by atoms with Crippen LogP contribution in [0, 0.1) is 5.92 Å². The van der Waals surface area contributed by atoms with E-state index in [0.29, 0.717) is 12.0 Å². The van der Waals surface area contributed by atoms with Gasteiger partial charge in [-0.15, -0.1) is 0 Å². The molecule has 1 nitrogen and oxygen atoms in total. The monoisotopic (exact) mass is 288 g/mol. The van der Waals surface area contributed by atoms with Crippen molar-refractivity contribution in [3.8, 4) is 5.75 Å². The van der Waals surface area contributed by atoms with Gasteiger partial charge < -0.3 is 4.74 Å². The highest BCUT2D eigenvalue weighted by atomic mass is 16.5. The van der Waals surface area contributed by atoms with E-state index in [4.69, 9.17) is 4.74 Å². The Morgan fingerprint density at radius 1 is 1.05 bits per heavy atom. The molecule has 0 saturated heterocycles. The van der Waals surface area contributed by atoms with E-state index in [1.807, 2.05) is 0 Å². The van der Waals surface area contributed by atoms with Crippen LogP contribution in [-0.2, 0) is 0 Å². The second-order valence-electron chi connectivity index (χ2n) is 6.72. The molecule has 118 valence electrons. The van der Waals surface area contributed by atoms with E-state index < -0.39 is 0 Å². The van der Waals surface area contributed by atoms with Gasteiger partial charge >= 0.3 is 0 Å². The van der Waals surface area contributed by atoms with Gasteiger partial charge in [-0.3, -0.25) is 0 Å². The zero-order valence-electron chi connectivity index (χ0n) is 14.1. The third-order valence-electron chi connectivity index (χ3n) is 5.10. The summed E-state index contributed by atoms with van der Waals surface area (Å²) in [6.07, 6.45) is 10.9. The Morgan fingerprint density at radius 3 is 2.29 bits per heavy atom. The lowest BCUT2D eigenvalue weighted by atomic mass is 9.83. The lowest BCUT2D eigenvalue weighted by Gasteiger charge is -2.30. The fraction of sp³-hybridized carbons (Fsp3) is 0.700. The minimum Gasteiger partial charge on any atom is -0.490 e. The smallest absolute Gasteiger partial charge is 0.119 e. The molecule has 0 heterocycles. The first-order chi connectivity index (χ1) is 10.2. The van der Waals surface area contributed by atoms with Crippen LogP contribution in [0.3, 0.4) is 0 Å². The van der Waals surface area contributed by atoms with Crippen molar-refractivity contribution in [1.29, 1.82) is 0 Å². The minimum atomic E-state index is 0.421. The SMILES string of the molecule is CCCC(Oc1ccc(C(C)CC)cc1)C1CCCCC1. The van der Waals surface area contributed by atoms with E-state index in [-0.39, 0.29) is 0 Å². The van der Waals surface area contributed by atoms with Crippen LogP contribution < -0.4 is 4.74 Å². The molecule has 1 aromatic carbocycles. The predicted octanol–water partition coefficient (Wildman–Crippen LogP) is 6.33. The van der Waals surface area contributed by atoms with E-state index in [9.17, 15) is 0 Å². The fourth-order valence-corrected chi connectivity index (χ4v) is 3.47. The second-order valence-corrected chi connectivity index (χ2v) is 6.72. The zero-order chi connectivity index (χ0) is 15.1. The molecule has 0 radical (unpaired) electrons. The highest BCUT2D eigenvalue weighted by molar-refractivity contribution is 5.29. The molecule has 1 aliphatic rings. The van der Waals surface area contributed by atoms with Crippen molar-refractivity contribution >= 4 is 0 Å². The molecule has 2 unspecified atom stereocenters. The molecule has 1 aliphatic carbocycles. The minimum absolute atomic E-state index is 0.421. The molecule has 2 atom stereocenters. The Balaban J connectivity index is 1.98. The Morgan fingerprint density at radius 2 is 1.71 bits per heavy atom. The molecule has 21 heavy (non-hydrogen) atoms. The van der Waals surface area contributed by atoms with Gasteiger partial charge in [0, 0.05) is 0 Å². The van der Waals surface area contributed by atoms with Crippen LogP contribution >= 0.6 is 0 Å². The van der Waals surface area contributed by atoms with Gasteiger partial charge in [0.2, 0.25) is 0 Å². The molecule has 0 aromatic heterocycles. The van der Waals surface area contributed by atoms with E-state index in [2.05, 4.69) is 45.0 Å². The number of hydrogen-bond acceptors (Lipinski definition) is 1. The second kappa shape index (κ2) is 8.46. The lowest BCUT2D eigenvalue weighted by molar-refractivity contribution is 0.0988. The first-order valence-corrected chi connectivity index (χ1v) is 9.01. The third-order valence-corrected chi connectivity index (χ3v) is 5.10. The largest absolute Gasteiger partial charge is 0.490 e. The van der Waals surface area contributed by atoms with Crippen molar-refractivity contribution in [3.63, 3.8) is 0 Å². The van der Waals surface area contributed by atoms with Crippen LogP contribution in [0.15, 0.2) is 24.3 Å². The van der Waals surface area contributed by atoms with Gasteiger partial charge in [0.15, 0.2) is 0 Å². The van der Waals surface area contributed by atoms with Gasteiger partial charge in [-0.1, -0.05) is 58.6 Å². The summed E-state index contributed by atoms with van der Waals surface area (Å²) in [4.78, 5) is 0. The lowest BCUT2D eigenvalue weighted by Crippen LogP contribution is -2.28. The van der Waals surface area contributed by atoms with Crippen molar-refractivity contribution in [1.82, 2.24) is 0 Å². The van der Waals surface area contributed by atoms with Crippen LogP contribution in [0.2, 0.25) is 0 Å². The fourth-order valence-electron chi connectivity index (χ4n) is 3.47. The van der Waals surface area contributed by atoms with Crippen molar-refractivity contribution in [2.45, 2.75) is 84.2 Å². The van der Waals surface area contributed by atoms with Crippen LogP contribution in [0.5, 0.6) is 5.75 Å². The van der Waals surface area contributed by atoms with Gasteiger partial charge in [0.1, 0.15) is 11.9 Å². The first-order valence-electron chi connectivity index (χ1n) is 9.01. The average Bonchev–Trinajstić information content (AvgIpc) is 2.55. The molecule has 0 aliphatic heterocycles. The van der Waals surface area contributed by atoms with E-state index >= 15 is 0 Å². The number of benzene rings is 1. The van der Waals surface area contributed by atoms with Crippen LogP contribution in [0.25, 0.3) is 0 Å². The molecule has 1 fully saturated rings. The van der Waals surface area contributed by atoms with Gasteiger partial charge in [-0.2, -0.15) is 0 Å². The van der Waals surface area contributed by atoms with Crippen molar-refractivity contribution in [2.75, 3.05) is 0 Å². The quantitative estimate of drug-likeness (QED) is 0.569. The van der Waals surface area contributed by atoms with Crippen molar-refractivity contribution < 1.29 is 4.74 Å². The highest BCUT2D eigenvalue weighted by Gasteiger charge is 2.24. The van der Waals surface area contributed by atoms with Gasteiger partial charge in [-0.05, 0) is 55.2 Å². The maximum Gasteiger partial charge on any atom is 0.119 e. The summed E-state index contributed by atoms with van der Waals surface area (Å²) in [6, 6.07) is 8.83. The molecule has 2 rings (SSSR count). The molecule has 0 bridgehead atoms. The maximum absolute atomic E-state index is 6.36. The molecule has 1 aromatic rings. The molecule has 0 N–H and O–H groups in total. The molecular weight excluding hydrogens is 256 g/mol. The maximum atomic E-state index is 6.36. The first kappa shape index (κ1) is 16.4. The summed E-state index contributed by atoms with van der Waals surface area (Å²) in [5.41, 5.74) is 1.43. The Labute approximate surface area is 131 Å². The summed E-state index contributed by atoms with van der Waals surface area (Å²) in [5, 5.41) is 0. The van der Waals surface area contributed by atoms with Gasteiger partial charge in [-0.25, -0.2) is 0 Å². The molecule has 0 amide bonds. The molecule has 0 spiro atoms. The summed E-state index contributed by atoms with van der Waals surface area (Å²) in [5.74, 6) is 2.47. The Hall–Kier alpha value is -0.980. The zero-order valence-corrected chi connectivity index (χ0v) is 14.1. The van der Waals surface area contributed by atoms with E-state index in [1.165, 1.54) is 56.9 Å². The number of rotatable bonds is 7. The topological polar surface area (TPSA) is 9.23 Å². The normalized spacial score (nSPS) is 19.2. The Kier molecular flexibility index (Phi) is 6.60. The summed E-state index contributed by atoms with van der Waals surface area (Å²) >= 11 is 0. The van der Waals surface area contributed by atoms with Crippen LogP contribution in [0.4, 0.5) is 0 Å². The van der Waals surface area contributed by atoms with Gasteiger partial charge in [0.25, 0.3) is 0 Å². The molecule has 1 saturated carbocycles. The standard InChI is InChI=1S/C20H32O/c1-4-9-20(18-10-7-6-8-11-18)21-19-14-12-17(13-15-19)16(3)5-2/h12-16,18,20H,4-11H2,1-3H3. The van der Waals surface area contributed by atoms with Crippen molar-refractivity contribution in [3.05, 3.63) is 29.8 Å². The molecule has 1 heteroatoms. The predicted molar refractivity (Wildman–Crippen MR) is 91.0 cm³/mol. The summed E-state index contributed by atoms with van der Waals surface area (Å²) in [6.45, 7) is 6.80.